The molecule has 106 valence electrons. The summed E-state index contributed by atoms with van der Waals surface area (Å²) < 4.78 is 5.45. The van der Waals surface area contributed by atoms with E-state index in [9.17, 15) is 4.79 Å². The molecule has 1 fully saturated rings. The molecule has 1 N–H and O–H groups in total. The molecule has 0 aliphatic carbocycles. The highest BCUT2D eigenvalue weighted by Gasteiger charge is 2.22. The van der Waals surface area contributed by atoms with Gasteiger partial charge < -0.3 is 15.0 Å². The van der Waals surface area contributed by atoms with E-state index in [1.165, 1.54) is 0 Å². The van der Waals surface area contributed by atoms with Crippen LogP contribution in [0.1, 0.15) is 6.92 Å². The van der Waals surface area contributed by atoms with Crippen molar-refractivity contribution in [1.29, 1.82) is 0 Å². The van der Waals surface area contributed by atoms with Gasteiger partial charge in [0.1, 0.15) is 5.75 Å². The molecule has 1 saturated heterocycles. The molecule has 6 heteroatoms. The van der Waals surface area contributed by atoms with E-state index in [1.807, 2.05) is 11.8 Å². The Labute approximate surface area is 124 Å². The third-order valence-electron chi connectivity index (χ3n) is 3.00. The van der Waals surface area contributed by atoms with Gasteiger partial charge in [-0.1, -0.05) is 11.6 Å². The molecule has 1 aromatic rings. The van der Waals surface area contributed by atoms with Crippen molar-refractivity contribution in [2.75, 3.05) is 26.2 Å². The number of nitrogens with zero attached hydrogens (tertiary/aromatic N) is 1. The highest BCUT2D eigenvalue weighted by Crippen LogP contribution is 2.15. The van der Waals surface area contributed by atoms with Gasteiger partial charge in [-0.15, -0.1) is 12.4 Å². The highest BCUT2D eigenvalue weighted by atomic mass is 35.5. The van der Waals surface area contributed by atoms with Gasteiger partial charge in [-0.2, -0.15) is 0 Å². The quantitative estimate of drug-likeness (QED) is 0.928. The fraction of sp³-hybridized carbons (Fsp3) is 0.462. The van der Waals surface area contributed by atoms with Crippen LogP contribution >= 0.6 is 24.0 Å². The Morgan fingerprint density at radius 1 is 1.47 bits per heavy atom. The van der Waals surface area contributed by atoms with E-state index in [0.717, 1.165) is 19.6 Å². The summed E-state index contributed by atoms with van der Waals surface area (Å²) in [5.74, 6) is 0.689. The number of amides is 1. The first kappa shape index (κ1) is 16.1. The Bertz CT molecular complexity index is 412. The van der Waals surface area contributed by atoms with Gasteiger partial charge in [0.15, 0.2) is 6.61 Å². The van der Waals surface area contributed by atoms with Crippen molar-refractivity contribution in [1.82, 2.24) is 10.2 Å². The first-order chi connectivity index (χ1) is 8.66. The Hall–Kier alpha value is -0.970. The number of halogens is 2. The summed E-state index contributed by atoms with van der Waals surface area (Å²) in [6.07, 6.45) is 0. The molecule has 0 saturated carbocycles. The maximum atomic E-state index is 12.0. The second-order valence-corrected chi connectivity index (χ2v) is 4.82. The summed E-state index contributed by atoms with van der Waals surface area (Å²) >= 11 is 5.78. The molecular formula is C13H18Cl2N2O2. The van der Waals surface area contributed by atoms with Crippen LogP contribution in [-0.4, -0.2) is 43.1 Å². The zero-order chi connectivity index (χ0) is 13.0. The molecule has 0 unspecified atom stereocenters. The second kappa shape index (κ2) is 7.58. The van der Waals surface area contributed by atoms with Crippen molar-refractivity contribution in [2.45, 2.75) is 13.0 Å². The van der Waals surface area contributed by atoms with Crippen LogP contribution < -0.4 is 10.1 Å². The molecule has 0 radical (unpaired) electrons. The lowest BCUT2D eigenvalue weighted by Crippen LogP contribution is -2.53. The van der Waals surface area contributed by atoms with Gasteiger partial charge >= 0.3 is 0 Å². The maximum absolute atomic E-state index is 12.0. The fourth-order valence-corrected chi connectivity index (χ4v) is 2.10. The standard InChI is InChI=1S/C13H17ClN2O2.ClH/c1-10-8-15-6-7-16(10)13(17)9-18-12-4-2-11(14)3-5-12;/h2-5,10,15H,6-9H2,1H3;1H/t10-;/m0./s1. The summed E-state index contributed by atoms with van der Waals surface area (Å²) in [4.78, 5) is 13.8. The number of nitrogens with one attached hydrogen (secondary N) is 1. The molecule has 1 aliphatic rings. The molecule has 1 atom stereocenters. The number of rotatable bonds is 3. The lowest BCUT2D eigenvalue weighted by molar-refractivity contribution is -0.136. The van der Waals surface area contributed by atoms with Gasteiger partial charge in [0.25, 0.3) is 5.91 Å². The lowest BCUT2D eigenvalue weighted by Gasteiger charge is -2.33. The van der Waals surface area contributed by atoms with E-state index in [2.05, 4.69) is 5.32 Å². The molecule has 1 amide bonds. The van der Waals surface area contributed by atoms with Crippen LogP contribution in [0.3, 0.4) is 0 Å². The number of benzene rings is 1. The smallest absolute Gasteiger partial charge is 0.260 e. The zero-order valence-electron chi connectivity index (χ0n) is 10.8. The van der Waals surface area contributed by atoms with E-state index in [0.29, 0.717) is 10.8 Å². The minimum atomic E-state index is 0. The Morgan fingerprint density at radius 2 is 2.16 bits per heavy atom. The van der Waals surface area contributed by atoms with Crippen LogP contribution in [0.15, 0.2) is 24.3 Å². The van der Waals surface area contributed by atoms with Gasteiger partial charge in [0.2, 0.25) is 0 Å². The van der Waals surface area contributed by atoms with Crippen LogP contribution in [-0.2, 0) is 4.79 Å². The molecule has 0 spiro atoms. The van der Waals surface area contributed by atoms with Crippen molar-refractivity contribution in [3.8, 4) is 5.75 Å². The molecule has 2 rings (SSSR count). The van der Waals surface area contributed by atoms with E-state index >= 15 is 0 Å². The molecule has 0 bridgehead atoms. The average Bonchev–Trinajstić information content (AvgIpc) is 2.38. The molecule has 1 aliphatic heterocycles. The third kappa shape index (κ3) is 4.56. The van der Waals surface area contributed by atoms with Crippen LogP contribution in [0.2, 0.25) is 5.02 Å². The predicted octanol–water partition coefficient (Wildman–Crippen LogP) is 1.96. The van der Waals surface area contributed by atoms with Gasteiger partial charge in [-0.05, 0) is 31.2 Å². The summed E-state index contributed by atoms with van der Waals surface area (Å²) in [5.41, 5.74) is 0. The number of carbonyl (C=O) groups is 1. The largest absolute Gasteiger partial charge is 0.484 e. The molecular weight excluding hydrogens is 287 g/mol. The molecule has 0 aromatic heterocycles. The average molecular weight is 305 g/mol. The number of hydrogen-bond acceptors (Lipinski definition) is 3. The van der Waals surface area contributed by atoms with Crippen molar-refractivity contribution >= 4 is 29.9 Å². The minimum absolute atomic E-state index is 0. The molecule has 19 heavy (non-hydrogen) atoms. The predicted molar refractivity (Wildman–Crippen MR) is 78.2 cm³/mol. The normalized spacial score (nSPS) is 18.6. The number of hydrogen-bond donors (Lipinski definition) is 1. The zero-order valence-corrected chi connectivity index (χ0v) is 12.3. The van der Waals surface area contributed by atoms with E-state index in [1.54, 1.807) is 24.3 Å². The summed E-state index contributed by atoms with van der Waals surface area (Å²) in [6, 6.07) is 7.23. The van der Waals surface area contributed by atoms with Gasteiger partial charge in [0, 0.05) is 30.7 Å². The van der Waals surface area contributed by atoms with E-state index in [4.69, 9.17) is 16.3 Å². The monoisotopic (exact) mass is 304 g/mol. The van der Waals surface area contributed by atoms with Crippen molar-refractivity contribution < 1.29 is 9.53 Å². The topological polar surface area (TPSA) is 41.6 Å². The lowest BCUT2D eigenvalue weighted by atomic mass is 10.2. The fourth-order valence-electron chi connectivity index (χ4n) is 1.97. The number of carbonyl (C=O) groups excluding carboxylic acids is 1. The van der Waals surface area contributed by atoms with Crippen molar-refractivity contribution in [2.24, 2.45) is 0 Å². The van der Waals surface area contributed by atoms with E-state index < -0.39 is 0 Å². The van der Waals surface area contributed by atoms with Crippen molar-refractivity contribution in [3.63, 3.8) is 0 Å². The number of piperazine rings is 1. The molecule has 4 nitrogen and oxygen atoms in total. The molecule has 1 heterocycles. The SMILES string of the molecule is C[C@H]1CNCCN1C(=O)COc1ccc(Cl)cc1.Cl. The summed E-state index contributed by atoms with van der Waals surface area (Å²) in [6.45, 7) is 4.53. The van der Waals surface area contributed by atoms with Crippen LogP contribution in [0.25, 0.3) is 0 Å². The first-order valence-electron chi connectivity index (χ1n) is 6.05. The molecule has 1 aromatic carbocycles. The first-order valence-corrected chi connectivity index (χ1v) is 6.43. The van der Waals surface area contributed by atoms with Gasteiger partial charge in [0.05, 0.1) is 0 Å². The second-order valence-electron chi connectivity index (χ2n) is 4.38. The third-order valence-corrected chi connectivity index (χ3v) is 3.25. The summed E-state index contributed by atoms with van der Waals surface area (Å²) in [5, 5.41) is 3.91. The van der Waals surface area contributed by atoms with Gasteiger partial charge in [-0.25, -0.2) is 0 Å². The maximum Gasteiger partial charge on any atom is 0.260 e. The van der Waals surface area contributed by atoms with Crippen LogP contribution in [0.5, 0.6) is 5.75 Å². The van der Waals surface area contributed by atoms with Crippen molar-refractivity contribution in [3.05, 3.63) is 29.3 Å². The van der Waals surface area contributed by atoms with Gasteiger partial charge in [-0.3, -0.25) is 4.79 Å². The Morgan fingerprint density at radius 3 is 2.79 bits per heavy atom. The van der Waals surface area contributed by atoms with Crippen LogP contribution in [0.4, 0.5) is 0 Å². The Balaban J connectivity index is 0.00000180. The minimum Gasteiger partial charge on any atom is -0.484 e. The van der Waals surface area contributed by atoms with E-state index in [-0.39, 0.29) is 31.0 Å². The number of ether oxygens (including phenoxy) is 1. The highest BCUT2D eigenvalue weighted by molar-refractivity contribution is 6.30. The Kier molecular flexibility index (Phi) is 6.42. The summed E-state index contributed by atoms with van der Waals surface area (Å²) in [7, 11) is 0. The van der Waals surface area contributed by atoms with Crippen LogP contribution in [0, 0.1) is 0 Å².